The molecule has 0 spiro atoms. The van der Waals surface area contributed by atoms with Gasteiger partial charge in [-0.3, -0.25) is 0 Å². The fourth-order valence-electron chi connectivity index (χ4n) is 2.44. The van der Waals surface area contributed by atoms with Gasteiger partial charge in [0.2, 0.25) is 10.0 Å². The number of nitriles is 1. The van der Waals surface area contributed by atoms with Gasteiger partial charge in [-0.15, -0.1) is 0 Å². The molecule has 0 aliphatic carbocycles. The summed E-state index contributed by atoms with van der Waals surface area (Å²) in [6.45, 7) is 3.62. The Labute approximate surface area is 130 Å². The Morgan fingerprint density at radius 3 is 2.43 bits per heavy atom. The second-order valence-corrected chi connectivity index (χ2v) is 7.43. The molecule has 1 aliphatic rings. The first-order chi connectivity index (χ1) is 10.0. The van der Waals surface area contributed by atoms with Crippen molar-refractivity contribution in [3.63, 3.8) is 0 Å². The first kappa shape index (κ1) is 16.1. The van der Waals surface area contributed by atoms with Crippen LogP contribution in [0.2, 0.25) is 5.02 Å². The first-order valence-electron chi connectivity index (χ1n) is 6.88. The van der Waals surface area contributed by atoms with Crippen molar-refractivity contribution in [3.8, 4) is 6.07 Å². The molecular formula is C14H18ClN3O2S. The van der Waals surface area contributed by atoms with E-state index in [1.165, 1.54) is 4.31 Å². The van der Waals surface area contributed by atoms with Crippen LogP contribution in [0.15, 0.2) is 24.3 Å². The molecule has 2 rings (SSSR count). The van der Waals surface area contributed by atoms with Gasteiger partial charge in [0, 0.05) is 26.2 Å². The van der Waals surface area contributed by atoms with Gasteiger partial charge >= 0.3 is 0 Å². The monoisotopic (exact) mass is 327 g/mol. The zero-order valence-electron chi connectivity index (χ0n) is 11.9. The van der Waals surface area contributed by atoms with E-state index in [-0.39, 0.29) is 0 Å². The first-order valence-corrected chi connectivity index (χ1v) is 8.77. The van der Waals surface area contributed by atoms with Crippen molar-refractivity contribution in [3.05, 3.63) is 29.3 Å². The Hall–Kier alpha value is -1.29. The van der Waals surface area contributed by atoms with Crippen LogP contribution in [-0.4, -0.2) is 44.2 Å². The zero-order valence-corrected chi connectivity index (χ0v) is 13.4. The van der Waals surface area contributed by atoms with Crippen molar-refractivity contribution in [2.75, 3.05) is 31.1 Å². The molecule has 1 unspecified atom stereocenters. The van der Waals surface area contributed by atoms with E-state index < -0.39 is 15.3 Å². The third kappa shape index (κ3) is 3.31. The van der Waals surface area contributed by atoms with Crippen molar-refractivity contribution in [1.82, 2.24) is 4.31 Å². The largest absolute Gasteiger partial charge is 0.368 e. The van der Waals surface area contributed by atoms with Crippen LogP contribution in [0.3, 0.4) is 0 Å². The number of para-hydroxylation sites is 1. The Kier molecular flexibility index (Phi) is 5.09. The third-order valence-corrected chi connectivity index (χ3v) is 6.23. The minimum absolute atomic E-state index is 0.309. The van der Waals surface area contributed by atoms with E-state index in [1.807, 2.05) is 30.3 Å². The fraction of sp³-hybridized carbons (Fsp3) is 0.500. The highest BCUT2D eigenvalue weighted by Crippen LogP contribution is 2.26. The SMILES string of the molecule is CCC(C#N)S(=O)(=O)N1CCN(c2ccccc2Cl)CC1. The summed E-state index contributed by atoms with van der Waals surface area (Å²) < 4.78 is 26.0. The number of nitrogens with zero attached hydrogens (tertiary/aromatic N) is 3. The lowest BCUT2D eigenvalue weighted by Crippen LogP contribution is -2.51. The Balaban J connectivity index is 2.08. The molecule has 0 radical (unpaired) electrons. The summed E-state index contributed by atoms with van der Waals surface area (Å²) >= 11 is 6.16. The number of hydrogen-bond acceptors (Lipinski definition) is 4. The second kappa shape index (κ2) is 6.65. The van der Waals surface area contributed by atoms with E-state index in [0.717, 1.165) is 5.69 Å². The van der Waals surface area contributed by atoms with Crippen molar-refractivity contribution in [1.29, 1.82) is 5.26 Å². The highest BCUT2D eigenvalue weighted by Gasteiger charge is 2.33. The van der Waals surface area contributed by atoms with Crippen molar-refractivity contribution < 1.29 is 8.42 Å². The highest BCUT2D eigenvalue weighted by atomic mass is 35.5. The summed E-state index contributed by atoms with van der Waals surface area (Å²) in [5, 5.41) is 8.68. The van der Waals surface area contributed by atoms with Crippen LogP contribution in [0.25, 0.3) is 0 Å². The van der Waals surface area contributed by atoms with E-state index >= 15 is 0 Å². The molecule has 1 fully saturated rings. The molecule has 7 heteroatoms. The number of sulfonamides is 1. The molecule has 21 heavy (non-hydrogen) atoms. The summed E-state index contributed by atoms with van der Waals surface area (Å²) in [7, 11) is -3.53. The number of benzene rings is 1. The minimum Gasteiger partial charge on any atom is -0.368 e. The van der Waals surface area contributed by atoms with Gasteiger partial charge in [0.05, 0.1) is 16.8 Å². The molecule has 1 aromatic carbocycles. The average molecular weight is 328 g/mol. The van der Waals surface area contributed by atoms with Crippen LogP contribution in [0.5, 0.6) is 0 Å². The molecule has 5 nitrogen and oxygen atoms in total. The molecule has 1 heterocycles. The van der Waals surface area contributed by atoms with E-state index in [9.17, 15) is 8.42 Å². The summed E-state index contributed by atoms with van der Waals surface area (Å²) in [6, 6.07) is 9.40. The second-order valence-electron chi connectivity index (χ2n) is 4.91. The third-order valence-electron chi connectivity index (χ3n) is 3.67. The van der Waals surface area contributed by atoms with Gasteiger partial charge in [0.1, 0.15) is 0 Å². The maximum absolute atomic E-state index is 12.3. The van der Waals surface area contributed by atoms with Crippen molar-refractivity contribution in [2.45, 2.75) is 18.6 Å². The maximum atomic E-state index is 12.3. The van der Waals surface area contributed by atoms with Gasteiger partial charge in [-0.2, -0.15) is 9.57 Å². The van der Waals surface area contributed by atoms with Gasteiger partial charge in [-0.1, -0.05) is 30.7 Å². The number of rotatable bonds is 4. The van der Waals surface area contributed by atoms with Gasteiger partial charge in [0.15, 0.2) is 5.25 Å². The lowest BCUT2D eigenvalue weighted by molar-refractivity contribution is 0.381. The Bertz CT molecular complexity index is 634. The minimum atomic E-state index is -3.53. The smallest absolute Gasteiger partial charge is 0.230 e. The van der Waals surface area contributed by atoms with Gasteiger partial charge in [-0.05, 0) is 18.6 Å². The predicted octanol–water partition coefficient (Wildman–Crippen LogP) is 2.09. The highest BCUT2D eigenvalue weighted by molar-refractivity contribution is 7.90. The van der Waals surface area contributed by atoms with E-state index in [1.54, 1.807) is 6.92 Å². The molecule has 0 N–H and O–H groups in total. The number of piperazine rings is 1. The van der Waals surface area contributed by atoms with Gasteiger partial charge < -0.3 is 4.90 Å². The van der Waals surface area contributed by atoms with Crippen LogP contribution < -0.4 is 4.90 Å². The quantitative estimate of drug-likeness (QED) is 0.849. The molecule has 1 atom stereocenters. The van der Waals surface area contributed by atoms with Crippen LogP contribution >= 0.6 is 11.6 Å². The molecule has 0 bridgehead atoms. The van der Waals surface area contributed by atoms with E-state index in [2.05, 4.69) is 4.90 Å². The fourth-order valence-corrected chi connectivity index (χ4v) is 4.28. The molecule has 1 aliphatic heterocycles. The number of hydrogen-bond donors (Lipinski definition) is 0. The average Bonchev–Trinajstić information content (AvgIpc) is 2.49. The molecular weight excluding hydrogens is 310 g/mol. The summed E-state index contributed by atoms with van der Waals surface area (Å²) in [6.07, 6.45) is 0.309. The van der Waals surface area contributed by atoms with Gasteiger partial charge in [0.25, 0.3) is 0 Å². The van der Waals surface area contributed by atoms with Crippen LogP contribution in [-0.2, 0) is 10.0 Å². The van der Waals surface area contributed by atoms with Crippen molar-refractivity contribution in [2.24, 2.45) is 0 Å². The molecule has 1 aromatic rings. The standard InChI is InChI=1S/C14H18ClN3O2S/c1-2-12(11-16)21(19,20)18-9-7-17(8-10-18)14-6-4-3-5-13(14)15/h3-6,12H,2,7-10H2,1H3. The number of anilines is 1. The molecule has 114 valence electrons. The lowest BCUT2D eigenvalue weighted by atomic mass is 10.2. The normalized spacial score (nSPS) is 18.2. The summed E-state index contributed by atoms with van der Waals surface area (Å²) in [5.74, 6) is 0. The van der Waals surface area contributed by atoms with Crippen molar-refractivity contribution >= 4 is 27.3 Å². The number of halogens is 1. The topological polar surface area (TPSA) is 64.4 Å². The molecule has 0 saturated carbocycles. The molecule has 0 amide bonds. The summed E-state index contributed by atoms with van der Waals surface area (Å²) in [4.78, 5) is 2.07. The maximum Gasteiger partial charge on any atom is 0.230 e. The summed E-state index contributed by atoms with van der Waals surface area (Å²) in [5.41, 5.74) is 0.920. The van der Waals surface area contributed by atoms with Crippen LogP contribution in [0, 0.1) is 11.3 Å². The Morgan fingerprint density at radius 2 is 1.90 bits per heavy atom. The van der Waals surface area contributed by atoms with Crippen LogP contribution in [0.1, 0.15) is 13.3 Å². The molecule has 0 aromatic heterocycles. The Morgan fingerprint density at radius 1 is 1.29 bits per heavy atom. The van der Waals surface area contributed by atoms with Gasteiger partial charge in [-0.25, -0.2) is 8.42 Å². The van der Waals surface area contributed by atoms with E-state index in [4.69, 9.17) is 16.9 Å². The van der Waals surface area contributed by atoms with E-state index in [0.29, 0.717) is 37.6 Å². The predicted molar refractivity (Wildman–Crippen MR) is 83.8 cm³/mol. The lowest BCUT2D eigenvalue weighted by Gasteiger charge is -2.36. The van der Waals surface area contributed by atoms with Crippen LogP contribution in [0.4, 0.5) is 5.69 Å². The zero-order chi connectivity index (χ0) is 15.5. The molecule has 1 saturated heterocycles.